The Labute approximate surface area is 185 Å². The van der Waals surface area contributed by atoms with Crippen molar-refractivity contribution >= 4 is 17.8 Å². The van der Waals surface area contributed by atoms with E-state index < -0.39 is 12.1 Å². The summed E-state index contributed by atoms with van der Waals surface area (Å²) in [6, 6.07) is 0. The number of nitrogens with zero attached hydrogens (tertiary/aromatic N) is 3. The molecule has 0 aromatic rings. The molecular weight excluding hydrogens is 435 g/mol. The topological polar surface area (TPSA) is 99.6 Å². The van der Waals surface area contributed by atoms with Crippen molar-refractivity contribution in [1.29, 1.82) is 0 Å². The second-order valence-corrected chi connectivity index (χ2v) is 8.27. The van der Waals surface area contributed by atoms with E-state index in [1.165, 1.54) is 0 Å². The summed E-state index contributed by atoms with van der Waals surface area (Å²) in [5, 5.41) is 7.12. The molecule has 1 N–H and O–H groups in total. The number of piperidine rings is 1. The molecule has 3 aliphatic heterocycles. The number of fused-ring (bicyclic) bond motifs is 2. The van der Waals surface area contributed by atoms with E-state index in [9.17, 15) is 22.8 Å². The number of alkyl halides is 3. The van der Waals surface area contributed by atoms with Crippen molar-refractivity contribution in [3.63, 3.8) is 0 Å². The molecular formula is C20H32F3N3O6. The molecule has 3 fully saturated rings. The number of carbonyl (C=O) groups excluding carboxylic acids is 2. The van der Waals surface area contributed by atoms with Gasteiger partial charge in [0.25, 0.3) is 0 Å². The number of carboxylic acids is 1. The van der Waals surface area contributed by atoms with Gasteiger partial charge in [-0.2, -0.15) is 13.2 Å². The van der Waals surface area contributed by atoms with Crippen LogP contribution < -0.4 is 0 Å². The van der Waals surface area contributed by atoms with Gasteiger partial charge in [0, 0.05) is 59.4 Å². The van der Waals surface area contributed by atoms with Crippen LogP contribution in [0.25, 0.3) is 0 Å². The molecule has 12 heteroatoms. The number of methoxy groups -OCH3 is 2. The molecule has 0 saturated carbocycles. The molecule has 0 radical (unpaired) electrons. The minimum absolute atomic E-state index is 0.0504. The van der Waals surface area contributed by atoms with Crippen LogP contribution in [0.5, 0.6) is 0 Å². The van der Waals surface area contributed by atoms with Gasteiger partial charge in [0.1, 0.15) is 6.61 Å². The third-order valence-corrected chi connectivity index (χ3v) is 6.63. The summed E-state index contributed by atoms with van der Waals surface area (Å²) in [4.78, 5) is 40.4. The zero-order chi connectivity index (χ0) is 24.1. The number of carboxylic acid groups (broad SMARTS) is 1. The summed E-state index contributed by atoms with van der Waals surface area (Å²) in [6.07, 6.45) is -3.33. The Morgan fingerprint density at radius 1 is 1.16 bits per heavy atom. The Morgan fingerprint density at radius 2 is 1.75 bits per heavy atom. The van der Waals surface area contributed by atoms with Crippen molar-refractivity contribution in [3.05, 3.63) is 0 Å². The predicted octanol–water partition coefficient (Wildman–Crippen LogP) is 0.684. The highest BCUT2D eigenvalue weighted by Gasteiger charge is 2.61. The van der Waals surface area contributed by atoms with Gasteiger partial charge in [0.05, 0.1) is 18.1 Å². The van der Waals surface area contributed by atoms with Gasteiger partial charge in [-0.1, -0.05) is 0 Å². The highest BCUT2D eigenvalue weighted by atomic mass is 19.4. The molecule has 0 aromatic heterocycles. The van der Waals surface area contributed by atoms with Gasteiger partial charge in [-0.3, -0.25) is 14.5 Å². The van der Waals surface area contributed by atoms with Crippen LogP contribution in [-0.4, -0.2) is 116 Å². The first-order chi connectivity index (χ1) is 15.0. The molecule has 3 saturated heterocycles. The van der Waals surface area contributed by atoms with Gasteiger partial charge in [0.15, 0.2) is 0 Å². The molecule has 0 unspecified atom stereocenters. The molecule has 1 spiro atoms. The predicted molar refractivity (Wildman–Crippen MR) is 107 cm³/mol. The molecule has 3 aliphatic rings. The SMILES string of the molecule is CCN1C(=O)[C@H]2CN(CCOC)C[C@H]2C12CCN(C(=O)COC)CC2.O=C(O)C(F)(F)F. The molecule has 2 atom stereocenters. The Morgan fingerprint density at radius 3 is 2.22 bits per heavy atom. The van der Waals surface area contributed by atoms with Gasteiger partial charge < -0.3 is 24.4 Å². The van der Waals surface area contributed by atoms with E-state index >= 15 is 0 Å². The maximum atomic E-state index is 13.0. The van der Waals surface area contributed by atoms with Crippen LogP contribution in [0.1, 0.15) is 19.8 Å². The lowest BCUT2D eigenvalue weighted by Gasteiger charge is -2.47. The van der Waals surface area contributed by atoms with Gasteiger partial charge in [-0.25, -0.2) is 4.79 Å². The van der Waals surface area contributed by atoms with Crippen LogP contribution in [-0.2, 0) is 23.9 Å². The third kappa shape index (κ3) is 5.52. The summed E-state index contributed by atoms with van der Waals surface area (Å²) >= 11 is 0. The average Bonchev–Trinajstić information content (AvgIpc) is 3.25. The van der Waals surface area contributed by atoms with Crippen molar-refractivity contribution in [3.8, 4) is 0 Å². The number of amides is 2. The van der Waals surface area contributed by atoms with E-state index in [4.69, 9.17) is 19.4 Å². The molecule has 9 nitrogen and oxygen atoms in total. The second kappa shape index (κ2) is 10.8. The number of hydrogen-bond donors (Lipinski definition) is 1. The molecule has 0 aliphatic carbocycles. The summed E-state index contributed by atoms with van der Waals surface area (Å²) in [5.74, 6) is -1.92. The highest BCUT2D eigenvalue weighted by molar-refractivity contribution is 5.84. The molecule has 184 valence electrons. The zero-order valence-corrected chi connectivity index (χ0v) is 18.7. The number of aliphatic carboxylic acids is 1. The number of hydrogen-bond acceptors (Lipinski definition) is 6. The summed E-state index contributed by atoms with van der Waals surface area (Å²) < 4.78 is 41.9. The van der Waals surface area contributed by atoms with E-state index in [1.807, 2.05) is 4.90 Å². The molecule has 2 amide bonds. The maximum Gasteiger partial charge on any atom is 0.490 e. The summed E-state index contributed by atoms with van der Waals surface area (Å²) in [7, 11) is 3.27. The first-order valence-corrected chi connectivity index (χ1v) is 10.6. The van der Waals surface area contributed by atoms with Gasteiger partial charge in [0.2, 0.25) is 11.8 Å². The highest BCUT2D eigenvalue weighted by Crippen LogP contribution is 2.49. The van der Waals surface area contributed by atoms with Crippen molar-refractivity contribution in [2.75, 3.05) is 66.7 Å². The van der Waals surface area contributed by atoms with Gasteiger partial charge in [-0.15, -0.1) is 0 Å². The lowest BCUT2D eigenvalue weighted by atomic mass is 9.75. The Bertz CT molecular complexity index is 682. The molecule has 3 rings (SSSR count). The quantitative estimate of drug-likeness (QED) is 0.614. The Balaban J connectivity index is 0.000000451. The molecule has 0 bridgehead atoms. The van der Waals surface area contributed by atoms with Crippen LogP contribution in [0.3, 0.4) is 0 Å². The van der Waals surface area contributed by atoms with Crippen molar-refractivity contribution in [1.82, 2.24) is 14.7 Å². The van der Waals surface area contributed by atoms with Crippen molar-refractivity contribution < 1.29 is 42.1 Å². The fraction of sp³-hybridized carbons (Fsp3) is 0.850. The van der Waals surface area contributed by atoms with Crippen LogP contribution in [0, 0.1) is 11.8 Å². The first kappa shape index (κ1) is 26.3. The summed E-state index contributed by atoms with van der Waals surface area (Å²) in [6.45, 7) is 7.80. The average molecular weight is 467 g/mol. The Hall–Kier alpha value is -1.92. The number of likely N-dealkylation sites (tertiary alicyclic amines) is 3. The zero-order valence-electron chi connectivity index (χ0n) is 18.7. The molecule has 3 heterocycles. The maximum absolute atomic E-state index is 13.0. The smallest absolute Gasteiger partial charge is 0.475 e. The van der Waals surface area contributed by atoms with Gasteiger partial charge >= 0.3 is 12.1 Å². The van der Waals surface area contributed by atoms with E-state index in [0.29, 0.717) is 31.5 Å². The van der Waals surface area contributed by atoms with E-state index in [0.717, 1.165) is 39.0 Å². The van der Waals surface area contributed by atoms with E-state index in [1.54, 1.807) is 14.2 Å². The largest absolute Gasteiger partial charge is 0.490 e. The van der Waals surface area contributed by atoms with E-state index in [-0.39, 0.29) is 24.0 Å². The monoisotopic (exact) mass is 467 g/mol. The number of carbonyl (C=O) groups is 3. The normalized spacial score (nSPS) is 25.0. The van der Waals surface area contributed by atoms with Crippen LogP contribution in [0.2, 0.25) is 0 Å². The minimum Gasteiger partial charge on any atom is -0.475 e. The number of rotatable bonds is 6. The first-order valence-electron chi connectivity index (χ1n) is 10.6. The van der Waals surface area contributed by atoms with Gasteiger partial charge in [-0.05, 0) is 19.8 Å². The van der Waals surface area contributed by atoms with E-state index in [2.05, 4.69) is 16.7 Å². The number of ether oxygens (including phenoxy) is 2. The van der Waals surface area contributed by atoms with Crippen molar-refractivity contribution in [2.45, 2.75) is 31.5 Å². The van der Waals surface area contributed by atoms with Crippen LogP contribution in [0.15, 0.2) is 0 Å². The second-order valence-electron chi connectivity index (χ2n) is 8.27. The molecule has 0 aromatic carbocycles. The fourth-order valence-corrected chi connectivity index (χ4v) is 5.17. The minimum atomic E-state index is -5.08. The number of halogens is 3. The lowest BCUT2D eigenvalue weighted by Crippen LogP contribution is -2.58. The molecule has 32 heavy (non-hydrogen) atoms. The summed E-state index contributed by atoms with van der Waals surface area (Å²) in [5.41, 5.74) is -0.0812. The van der Waals surface area contributed by atoms with Crippen LogP contribution in [0.4, 0.5) is 13.2 Å². The van der Waals surface area contributed by atoms with Crippen molar-refractivity contribution in [2.24, 2.45) is 11.8 Å². The third-order valence-electron chi connectivity index (χ3n) is 6.63. The fourth-order valence-electron chi connectivity index (χ4n) is 5.17. The van der Waals surface area contributed by atoms with Crippen LogP contribution >= 0.6 is 0 Å². The Kier molecular flexibility index (Phi) is 8.89. The standard InChI is InChI=1S/C18H31N3O4.C2HF3O2/c1-4-21-17(23)14-11-19(9-10-24-2)12-15(14)18(21)5-7-20(8-6-18)16(22)13-25-3;3-2(4,5)1(6)7/h14-15H,4-13H2,1-3H3;(H,6,7)/t14-,15+;/m0./s1. The lowest BCUT2D eigenvalue weighted by molar-refractivity contribution is -0.192.